The molecule has 0 spiro atoms. The maximum absolute atomic E-state index is 13.9. The van der Waals surface area contributed by atoms with Crippen molar-refractivity contribution in [3.8, 4) is 5.75 Å². The first-order valence-electron chi connectivity index (χ1n) is 6.60. The Labute approximate surface area is 111 Å². The number of halogens is 2. The van der Waals surface area contributed by atoms with Gasteiger partial charge >= 0.3 is 0 Å². The summed E-state index contributed by atoms with van der Waals surface area (Å²) in [6, 6.07) is 2.62. The zero-order chi connectivity index (χ0) is 14.0. The lowest BCUT2D eigenvalue weighted by Crippen LogP contribution is -2.22. The summed E-state index contributed by atoms with van der Waals surface area (Å²) in [5, 5.41) is 0. The summed E-state index contributed by atoms with van der Waals surface area (Å²) in [6.45, 7) is 2.15. The first-order valence-corrected chi connectivity index (χ1v) is 6.60. The molecule has 4 heteroatoms. The lowest BCUT2D eigenvalue weighted by molar-refractivity contribution is 0.0870. The van der Waals surface area contributed by atoms with Crippen LogP contribution in [0.2, 0.25) is 0 Å². The van der Waals surface area contributed by atoms with Crippen molar-refractivity contribution in [2.24, 2.45) is 11.8 Å². The number of rotatable bonds is 3. The molecule has 0 radical (unpaired) electrons. The number of carbonyl (C=O) groups is 1. The summed E-state index contributed by atoms with van der Waals surface area (Å²) >= 11 is 0. The minimum atomic E-state index is -1.09. The fraction of sp³-hybridized carbons (Fsp3) is 0.533. The van der Waals surface area contributed by atoms with Crippen LogP contribution in [-0.2, 0) is 0 Å². The number of ketones is 1. The molecule has 1 aromatic carbocycles. The Morgan fingerprint density at radius 2 is 1.79 bits per heavy atom. The first kappa shape index (κ1) is 14.0. The fourth-order valence-electron chi connectivity index (χ4n) is 2.62. The summed E-state index contributed by atoms with van der Waals surface area (Å²) in [5.41, 5.74) is -0.155. The van der Waals surface area contributed by atoms with Crippen LogP contribution in [0.25, 0.3) is 0 Å². The van der Waals surface area contributed by atoms with Crippen LogP contribution in [0.4, 0.5) is 8.78 Å². The van der Waals surface area contributed by atoms with Crippen molar-refractivity contribution >= 4 is 5.78 Å². The van der Waals surface area contributed by atoms with Crippen molar-refractivity contribution < 1.29 is 18.3 Å². The van der Waals surface area contributed by atoms with Gasteiger partial charge in [-0.05, 0) is 30.9 Å². The molecule has 1 fully saturated rings. The van der Waals surface area contributed by atoms with E-state index in [0.717, 1.165) is 25.7 Å². The fourth-order valence-corrected chi connectivity index (χ4v) is 2.62. The second kappa shape index (κ2) is 5.68. The quantitative estimate of drug-likeness (QED) is 0.775. The molecule has 0 aliphatic heterocycles. The first-order chi connectivity index (χ1) is 9.04. The Balaban J connectivity index is 2.22. The average molecular weight is 268 g/mol. The summed E-state index contributed by atoms with van der Waals surface area (Å²) in [7, 11) is 1.27. The monoisotopic (exact) mass is 268 g/mol. The maximum Gasteiger partial charge on any atom is 0.201 e. The molecule has 1 saturated carbocycles. The van der Waals surface area contributed by atoms with Gasteiger partial charge in [0.1, 0.15) is 0 Å². The standard InChI is InChI=1S/C15H18F2O2/c1-9-3-5-10(6-4-9)15(18)11-7-8-12(19-2)14(17)13(11)16/h7-10H,3-6H2,1-2H3. The largest absolute Gasteiger partial charge is 0.494 e. The zero-order valence-electron chi connectivity index (χ0n) is 11.2. The van der Waals surface area contributed by atoms with Crippen molar-refractivity contribution in [2.45, 2.75) is 32.6 Å². The van der Waals surface area contributed by atoms with Gasteiger partial charge < -0.3 is 4.74 Å². The highest BCUT2D eigenvalue weighted by Crippen LogP contribution is 2.32. The predicted octanol–water partition coefficient (Wildman–Crippen LogP) is 3.98. The molecular formula is C15H18F2O2. The summed E-state index contributed by atoms with van der Waals surface area (Å²) in [4.78, 5) is 12.2. The molecule has 0 saturated heterocycles. The number of hydrogen-bond donors (Lipinski definition) is 0. The third-order valence-corrected chi connectivity index (χ3v) is 3.92. The molecule has 1 aliphatic carbocycles. The lowest BCUT2D eigenvalue weighted by atomic mass is 9.79. The van der Waals surface area contributed by atoms with Gasteiger partial charge in [-0.2, -0.15) is 4.39 Å². The highest BCUT2D eigenvalue weighted by molar-refractivity contribution is 5.98. The molecule has 0 amide bonds. The van der Waals surface area contributed by atoms with Crippen molar-refractivity contribution in [3.05, 3.63) is 29.3 Å². The maximum atomic E-state index is 13.9. The van der Waals surface area contributed by atoms with E-state index in [1.807, 2.05) is 0 Å². The SMILES string of the molecule is COc1ccc(C(=O)C2CCC(C)CC2)c(F)c1F. The van der Waals surface area contributed by atoms with Gasteiger partial charge in [0, 0.05) is 5.92 Å². The number of methoxy groups -OCH3 is 1. The molecule has 1 aromatic rings. The topological polar surface area (TPSA) is 26.3 Å². The molecule has 0 N–H and O–H groups in total. The molecule has 0 unspecified atom stereocenters. The molecule has 2 rings (SSSR count). The third-order valence-electron chi connectivity index (χ3n) is 3.92. The molecule has 0 heterocycles. The van der Waals surface area contributed by atoms with Crippen LogP contribution in [0.15, 0.2) is 12.1 Å². The highest BCUT2D eigenvalue weighted by Gasteiger charge is 2.28. The molecular weight excluding hydrogens is 250 g/mol. The average Bonchev–Trinajstić information content (AvgIpc) is 2.42. The molecule has 2 nitrogen and oxygen atoms in total. The molecule has 104 valence electrons. The van der Waals surface area contributed by atoms with E-state index >= 15 is 0 Å². The van der Waals surface area contributed by atoms with Gasteiger partial charge in [-0.15, -0.1) is 0 Å². The van der Waals surface area contributed by atoms with Crippen LogP contribution in [-0.4, -0.2) is 12.9 Å². The molecule has 19 heavy (non-hydrogen) atoms. The van der Waals surface area contributed by atoms with Gasteiger partial charge in [0.05, 0.1) is 12.7 Å². The molecule has 0 atom stereocenters. The van der Waals surface area contributed by atoms with E-state index in [-0.39, 0.29) is 23.0 Å². The Kier molecular flexibility index (Phi) is 4.17. The number of Topliss-reactive ketones (excluding diaryl/α,β-unsaturated/α-hetero) is 1. The predicted molar refractivity (Wildman–Crippen MR) is 68.4 cm³/mol. The van der Waals surface area contributed by atoms with E-state index in [2.05, 4.69) is 6.92 Å². The normalized spacial score (nSPS) is 23.2. The van der Waals surface area contributed by atoms with E-state index in [9.17, 15) is 13.6 Å². The minimum Gasteiger partial charge on any atom is -0.494 e. The highest BCUT2D eigenvalue weighted by atomic mass is 19.2. The Morgan fingerprint density at radius 1 is 1.16 bits per heavy atom. The Hall–Kier alpha value is -1.45. The lowest BCUT2D eigenvalue weighted by Gasteiger charge is -2.25. The second-order valence-corrected chi connectivity index (χ2v) is 5.26. The van der Waals surface area contributed by atoms with Crippen molar-refractivity contribution in [2.75, 3.05) is 7.11 Å². The van der Waals surface area contributed by atoms with Crippen LogP contribution in [0, 0.1) is 23.5 Å². The van der Waals surface area contributed by atoms with Crippen molar-refractivity contribution in [3.63, 3.8) is 0 Å². The van der Waals surface area contributed by atoms with Crippen molar-refractivity contribution in [1.29, 1.82) is 0 Å². The smallest absolute Gasteiger partial charge is 0.201 e. The molecule has 0 aromatic heterocycles. The number of ether oxygens (including phenoxy) is 1. The van der Waals surface area contributed by atoms with Crippen LogP contribution in [0.5, 0.6) is 5.75 Å². The van der Waals surface area contributed by atoms with Gasteiger partial charge in [0.2, 0.25) is 5.82 Å². The summed E-state index contributed by atoms with van der Waals surface area (Å²) < 4.78 is 32.1. The van der Waals surface area contributed by atoms with E-state index in [4.69, 9.17) is 4.74 Å². The van der Waals surface area contributed by atoms with Gasteiger partial charge in [0.25, 0.3) is 0 Å². The van der Waals surface area contributed by atoms with Gasteiger partial charge in [-0.25, -0.2) is 4.39 Å². The van der Waals surface area contributed by atoms with Crippen molar-refractivity contribution in [1.82, 2.24) is 0 Å². The van der Waals surface area contributed by atoms with Gasteiger partial charge in [0.15, 0.2) is 17.3 Å². The van der Waals surface area contributed by atoms with E-state index in [1.54, 1.807) is 0 Å². The number of hydrogen-bond acceptors (Lipinski definition) is 2. The summed E-state index contributed by atoms with van der Waals surface area (Å²) in [5.74, 6) is -2.21. The summed E-state index contributed by atoms with van der Waals surface area (Å²) in [6.07, 6.45) is 3.45. The van der Waals surface area contributed by atoms with Crippen LogP contribution >= 0.6 is 0 Å². The zero-order valence-corrected chi connectivity index (χ0v) is 11.2. The Morgan fingerprint density at radius 3 is 2.37 bits per heavy atom. The number of carbonyl (C=O) groups excluding carboxylic acids is 1. The third kappa shape index (κ3) is 2.77. The second-order valence-electron chi connectivity index (χ2n) is 5.26. The van der Waals surface area contributed by atoms with Crippen LogP contribution in [0.3, 0.4) is 0 Å². The molecule has 1 aliphatic rings. The minimum absolute atomic E-state index is 0.155. The van der Waals surface area contributed by atoms with E-state index < -0.39 is 11.6 Å². The molecule has 0 bridgehead atoms. The van der Waals surface area contributed by atoms with Crippen LogP contribution in [0.1, 0.15) is 43.0 Å². The Bertz CT molecular complexity index is 477. The van der Waals surface area contributed by atoms with E-state index in [0.29, 0.717) is 5.92 Å². The van der Waals surface area contributed by atoms with Crippen LogP contribution < -0.4 is 4.74 Å². The number of benzene rings is 1. The van der Waals surface area contributed by atoms with Gasteiger partial charge in [-0.3, -0.25) is 4.79 Å². The van der Waals surface area contributed by atoms with E-state index in [1.165, 1.54) is 19.2 Å². The van der Waals surface area contributed by atoms with Gasteiger partial charge in [-0.1, -0.05) is 19.8 Å².